The number of aliphatic imine (C=N–C) groups is 1. The maximum atomic E-state index is 13.7. The minimum atomic E-state index is -0.581. The minimum absolute atomic E-state index is 0.116. The number of rotatable bonds is 4. The number of halogens is 2. The monoisotopic (exact) mass is 376 g/mol. The van der Waals surface area contributed by atoms with Gasteiger partial charge in [0.1, 0.15) is 11.6 Å². The Labute approximate surface area is 156 Å². The molecule has 2 aromatic rings. The third-order valence-electron chi connectivity index (χ3n) is 4.50. The number of guanidine groups is 1. The molecule has 8 heteroatoms. The van der Waals surface area contributed by atoms with E-state index < -0.39 is 11.6 Å². The average molecular weight is 376 g/mol. The van der Waals surface area contributed by atoms with Crippen LogP contribution >= 0.6 is 0 Å². The fraction of sp³-hybridized carbons (Fsp3) is 0.368. The van der Waals surface area contributed by atoms with Gasteiger partial charge in [-0.25, -0.2) is 8.78 Å². The lowest BCUT2D eigenvalue weighted by molar-refractivity contribution is 0.0658. The van der Waals surface area contributed by atoms with Crippen molar-refractivity contribution < 1.29 is 18.0 Å². The van der Waals surface area contributed by atoms with Crippen molar-refractivity contribution in [3.05, 3.63) is 59.6 Å². The maximum Gasteiger partial charge on any atom is 0.289 e. The molecular formula is C19H22F2N4O2. The van der Waals surface area contributed by atoms with Crippen LogP contribution in [0.25, 0.3) is 0 Å². The first-order valence-electron chi connectivity index (χ1n) is 8.81. The number of carbonyl (C=O) groups excluding carboxylic acids is 1. The summed E-state index contributed by atoms with van der Waals surface area (Å²) in [5.41, 5.74) is 0.452. The summed E-state index contributed by atoms with van der Waals surface area (Å²) in [5, 5.41) is 3.19. The summed E-state index contributed by atoms with van der Waals surface area (Å²) in [4.78, 5) is 20.3. The summed E-state index contributed by atoms with van der Waals surface area (Å²) in [6, 6.07) is 6.94. The molecule has 0 bridgehead atoms. The number of furan rings is 1. The normalized spacial score (nSPS) is 15.1. The molecule has 144 valence electrons. The van der Waals surface area contributed by atoms with Gasteiger partial charge in [0.2, 0.25) is 0 Å². The molecule has 1 saturated heterocycles. The Morgan fingerprint density at radius 1 is 1.19 bits per heavy atom. The standard InChI is InChI=1S/C19H22F2N4O2/c1-22-19(23-7-6-14-4-5-15(20)13-16(14)21)25-10-8-24(9-11-25)18(26)17-3-2-12-27-17/h2-5,12-13H,6-11H2,1H3,(H,22,23). The summed E-state index contributed by atoms with van der Waals surface area (Å²) < 4.78 is 31.8. The lowest BCUT2D eigenvalue weighted by atomic mass is 10.1. The Bertz CT molecular complexity index is 800. The van der Waals surface area contributed by atoms with Gasteiger partial charge in [0.05, 0.1) is 6.26 Å². The van der Waals surface area contributed by atoms with Gasteiger partial charge in [0, 0.05) is 45.8 Å². The molecule has 0 spiro atoms. The number of nitrogens with one attached hydrogen (secondary N) is 1. The predicted octanol–water partition coefficient (Wildman–Crippen LogP) is 2.13. The van der Waals surface area contributed by atoms with Crippen molar-refractivity contribution in [2.75, 3.05) is 39.8 Å². The highest BCUT2D eigenvalue weighted by atomic mass is 19.1. The second kappa shape index (κ2) is 8.66. The first kappa shape index (κ1) is 18.9. The van der Waals surface area contributed by atoms with Crippen LogP contribution in [0.4, 0.5) is 8.78 Å². The molecule has 1 aromatic carbocycles. The van der Waals surface area contributed by atoms with E-state index in [2.05, 4.69) is 10.3 Å². The third kappa shape index (κ3) is 4.64. The van der Waals surface area contributed by atoms with Crippen LogP contribution in [0.3, 0.4) is 0 Å². The second-order valence-corrected chi connectivity index (χ2v) is 6.22. The average Bonchev–Trinajstić information content (AvgIpc) is 3.21. The van der Waals surface area contributed by atoms with E-state index >= 15 is 0 Å². The zero-order valence-electron chi connectivity index (χ0n) is 15.1. The Kier molecular flexibility index (Phi) is 6.05. The molecule has 6 nitrogen and oxygen atoms in total. The van der Waals surface area contributed by atoms with E-state index in [9.17, 15) is 13.6 Å². The molecule has 0 unspecified atom stereocenters. The Hall–Kier alpha value is -2.90. The third-order valence-corrected chi connectivity index (χ3v) is 4.50. The number of hydrogen-bond donors (Lipinski definition) is 1. The van der Waals surface area contributed by atoms with E-state index in [1.807, 2.05) is 4.90 Å². The number of hydrogen-bond acceptors (Lipinski definition) is 3. The van der Waals surface area contributed by atoms with Gasteiger partial charge >= 0.3 is 0 Å². The summed E-state index contributed by atoms with van der Waals surface area (Å²) in [5.74, 6) is -0.205. The van der Waals surface area contributed by atoms with Crippen molar-refractivity contribution in [1.29, 1.82) is 0 Å². The Morgan fingerprint density at radius 3 is 2.56 bits per heavy atom. The highest BCUT2D eigenvalue weighted by molar-refractivity contribution is 5.91. The van der Waals surface area contributed by atoms with Gasteiger partial charge in [-0.15, -0.1) is 0 Å². The van der Waals surface area contributed by atoms with E-state index in [-0.39, 0.29) is 5.91 Å². The quantitative estimate of drug-likeness (QED) is 0.656. The summed E-state index contributed by atoms with van der Waals surface area (Å²) >= 11 is 0. The molecule has 1 fully saturated rings. The van der Waals surface area contributed by atoms with Crippen molar-refractivity contribution >= 4 is 11.9 Å². The molecule has 1 aromatic heterocycles. The number of benzene rings is 1. The zero-order valence-corrected chi connectivity index (χ0v) is 15.1. The predicted molar refractivity (Wildman–Crippen MR) is 97.6 cm³/mol. The molecule has 1 amide bonds. The number of carbonyl (C=O) groups is 1. The van der Waals surface area contributed by atoms with Gasteiger partial charge in [0.25, 0.3) is 5.91 Å². The van der Waals surface area contributed by atoms with Crippen LogP contribution in [0.1, 0.15) is 16.1 Å². The van der Waals surface area contributed by atoms with Crippen LogP contribution in [0, 0.1) is 11.6 Å². The lowest BCUT2D eigenvalue weighted by Gasteiger charge is -2.36. The molecule has 2 heterocycles. The summed E-state index contributed by atoms with van der Waals surface area (Å²) in [6.07, 6.45) is 1.90. The van der Waals surface area contributed by atoms with E-state index in [1.54, 1.807) is 24.1 Å². The van der Waals surface area contributed by atoms with Crippen LogP contribution in [-0.4, -0.2) is 61.4 Å². The van der Waals surface area contributed by atoms with Crippen LogP contribution < -0.4 is 5.32 Å². The molecule has 0 saturated carbocycles. The fourth-order valence-electron chi connectivity index (χ4n) is 3.04. The van der Waals surface area contributed by atoms with Crippen LogP contribution in [0.5, 0.6) is 0 Å². The highest BCUT2D eigenvalue weighted by Crippen LogP contribution is 2.11. The zero-order chi connectivity index (χ0) is 19.2. The van der Waals surface area contributed by atoms with Crippen LogP contribution in [-0.2, 0) is 6.42 Å². The largest absolute Gasteiger partial charge is 0.459 e. The van der Waals surface area contributed by atoms with E-state index in [4.69, 9.17) is 4.42 Å². The summed E-state index contributed by atoms with van der Waals surface area (Å²) in [7, 11) is 1.68. The van der Waals surface area contributed by atoms with Gasteiger partial charge in [-0.05, 0) is 30.2 Å². The van der Waals surface area contributed by atoms with Gasteiger partial charge in [0.15, 0.2) is 11.7 Å². The number of piperazine rings is 1. The van der Waals surface area contributed by atoms with E-state index in [1.165, 1.54) is 18.4 Å². The topological polar surface area (TPSA) is 61.1 Å². The molecule has 0 aliphatic carbocycles. The molecule has 27 heavy (non-hydrogen) atoms. The van der Waals surface area contributed by atoms with Crippen molar-refractivity contribution in [2.45, 2.75) is 6.42 Å². The molecule has 0 atom stereocenters. The van der Waals surface area contributed by atoms with E-state index in [0.717, 1.165) is 6.07 Å². The van der Waals surface area contributed by atoms with Gasteiger partial charge in [-0.2, -0.15) is 0 Å². The first-order valence-corrected chi connectivity index (χ1v) is 8.81. The summed E-state index contributed by atoms with van der Waals surface area (Å²) in [6.45, 7) is 2.87. The highest BCUT2D eigenvalue weighted by Gasteiger charge is 2.25. The number of nitrogens with zero attached hydrogens (tertiary/aromatic N) is 3. The molecule has 3 rings (SSSR count). The fourth-order valence-corrected chi connectivity index (χ4v) is 3.04. The van der Waals surface area contributed by atoms with Crippen molar-refractivity contribution in [3.63, 3.8) is 0 Å². The van der Waals surface area contributed by atoms with Crippen molar-refractivity contribution in [2.24, 2.45) is 4.99 Å². The molecule has 1 aliphatic heterocycles. The molecule has 1 aliphatic rings. The number of amides is 1. The minimum Gasteiger partial charge on any atom is -0.459 e. The SMILES string of the molecule is CN=C(NCCc1ccc(F)cc1F)N1CCN(C(=O)c2ccco2)CC1. The molecule has 1 N–H and O–H groups in total. The van der Waals surface area contributed by atoms with E-state index in [0.29, 0.717) is 56.4 Å². The van der Waals surface area contributed by atoms with Crippen molar-refractivity contribution in [3.8, 4) is 0 Å². The van der Waals surface area contributed by atoms with Crippen LogP contribution in [0.2, 0.25) is 0 Å². The van der Waals surface area contributed by atoms with Gasteiger partial charge < -0.3 is 19.5 Å². The van der Waals surface area contributed by atoms with Gasteiger partial charge in [-0.3, -0.25) is 9.79 Å². The second-order valence-electron chi connectivity index (χ2n) is 6.22. The first-order chi connectivity index (χ1) is 13.1. The lowest BCUT2D eigenvalue weighted by Crippen LogP contribution is -2.54. The maximum absolute atomic E-state index is 13.7. The van der Waals surface area contributed by atoms with Gasteiger partial charge in [-0.1, -0.05) is 6.07 Å². The molecule has 0 radical (unpaired) electrons. The Morgan fingerprint density at radius 2 is 1.93 bits per heavy atom. The molecular weight excluding hydrogens is 354 g/mol. The smallest absolute Gasteiger partial charge is 0.289 e. The van der Waals surface area contributed by atoms with Crippen LogP contribution in [0.15, 0.2) is 46.0 Å². The van der Waals surface area contributed by atoms with Crippen molar-refractivity contribution in [1.82, 2.24) is 15.1 Å². The Balaban J connectivity index is 1.48.